The third-order valence-corrected chi connectivity index (χ3v) is 4.80. The molecule has 0 radical (unpaired) electrons. The fourth-order valence-electron chi connectivity index (χ4n) is 1.17. The number of sulfonamides is 1. The number of nitrogens with two attached hydrogens (primary N) is 1. The van der Waals surface area contributed by atoms with Crippen LogP contribution in [0.2, 0.25) is 0 Å². The molecular formula is C10H13BrN2O2S2. The highest BCUT2D eigenvalue weighted by Gasteiger charge is 2.20. The molecule has 0 bridgehead atoms. The molecule has 0 aliphatic rings. The predicted molar refractivity (Wildman–Crippen MR) is 75.4 cm³/mol. The summed E-state index contributed by atoms with van der Waals surface area (Å²) in [7, 11) is -1.94. The van der Waals surface area contributed by atoms with E-state index in [1.165, 1.54) is 11.4 Å². The summed E-state index contributed by atoms with van der Waals surface area (Å²) in [6.07, 6.45) is 0.377. The molecule has 0 saturated heterocycles. The van der Waals surface area contributed by atoms with E-state index < -0.39 is 10.0 Å². The van der Waals surface area contributed by atoms with Crippen LogP contribution in [0.1, 0.15) is 6.42 Å². The average Bonchev–Trinajstić information content (AvgIpc) is 2.26. The number of nitrogens with zero attached hydrogens (tertiary/aromatic N) is 1. The van der Waals surface area contributed by atoms with Gasteiger partial charge in [-0.1, -0.05) is 28.1 Å². The van der Waals surface area contributed by atoms with Crippen LogP contribution in [-0.2, 0) is 10.0 Å². The average molecular weight is 337 g/mol. The van der Waals surface area contributed by atoms with E-state index in [0.29, 0.717) is 11.4 Å². The zero-order chi connectivity index (χ0) is 13.1. The summed E-state index contributed by atoms with van der Waals surface area (Å²) in [6.45, 7) is 0.285. The minimum atomic E-state index is -3.45. The number of benzene rings is 1. The van der Waals surface area contributed by atoms with Gasteiger partial charge >= 0.3 is 0 Å². The van der Waals surface area contributed by atoms with Gasteiger partial charge in [-0.15, -0.1) is 0 Å². The molecule has 0 atom stereocenters. The Kier molecular flexibility index (Phi) is 5.05. The van der Waals surface area contributed by atoms with Crippen molar-refractivity contribution in [3.05, 3.63) is 28.7 Å². The second kappa shape index (κ2) is 5.90. The van der Waals surface area contributed by atoms with Crippen molar-refractivity contribution in [3.63, 3.8) is 0 Å². The maximum Gasteiger partial charge on any atom is 0.242 e. The monoisotopic (exact) mass is 336 g/mol. The summed E-state index contributed by atoms with van der Waals surface area (Å²) in [5.74, 6) is 0. The van der Waals surface area contributed by atoms with Gasteiger partial charge in [-0.3, -0.25) is 0 Å². The highest BCUT2D eigenvalue weighted by atomic mass is 79.9. The van der Waals surface area contributed by atoms with Crippen LogP contribution < -0.4 is 5.73 Å². The lowest BCUT2D eigenvalue weighted by molar-refractivity contribution is 0.479. The Hall–Kier alpha value is -0.500. The standard InChI is InChI=1S/C10H13BrN2O2S2/c1-13(7-6-10(12)16)17(14,15)9-4-2-8(11)3-5-9/h2-5H,6-7H2,1H3,(H2,12,16). The molecule has 0 aromatic heterocycles. The smallest absolute Gasteiger partial charge is 0.242 e. The second-order valence-corrected chi connectivity index (χ2v) is 6.98. The van der Waals surface area contributed by atoms with Gasteiger partial charge in [-0.2, -0.15) is 0 Å². The van der Waals surface area contributed by atoms with E-state index in [9.17, 15) is 8.42 Å². The van der Waals surface area contributed by atoms with Gasteiger partial charge < -0.3 is 5.73 Å². The quantitative estimate of drug-likeness (QED) is 0.832. The van der Waals surface area contributed by atoms with Crippen LogP contribution in [0.3, 0.4) is 0 Å². The minimum Gasteiger partial charge on any atom is -0.393 e. The Morgan fingerprint density at radius 1 is 1.41 bits per heavy atom. The van der Waals surface area contributed by atoms with Crippen molar-refractivity contribution < 1.29 is 8.42 Å². The molecule has 7 heteroatoms. The van der Waals surface area contributed by atoms with Gasteiger partial charge in [0.2, 0.25) is 10.0 Å². The van der Waals surface area contributed by atoms with Crippen molar-refractivity contribution in [2.24, 2.45) is 5.73 Å². The number of hydrogen-bond acceptors (Lipinski definition) is 3. The highest BCUT2D eigenvalue weighted by Crippen LogP contribution is 2.17. The zero-order valence-corrected chi connectivity index (χ0v) is 12.5. The molecule has 94 valence electrons. The Balaban J connectivity index is 2.87. The van der Waals surface area contributed by atoms with E-state index in [1.54, 1.807) is 24.3 Å². The Labute approximate surface area is 115 Å². The summed E-state index contributed by atoms with van der Waals surface area (Å²) >= 11 is 7.98. The third kappa shape index (κ3) is 4.02. The fourth-order valence-corrected chi connectivity index (χ4v) is 2.70. The first-order valence-corrected chi connectivity index (χ1v) is 7.48. The number of rotatable bonds is 5. The van der Waals surface area contributed by atoms with E-state index in [-0.39, 0.29) is 11.4 Å². The molecule has 0 heterocycles. The number of thiocarbonyl (C=S) groups is 1. The molecule has 0 unspecified atom stereocenters. The van der Waals surface area contributed by atoms with E-state index >= 15 is 0 Å². The molecular weight excluding hydrogens is 324 g/mol. The molecule has 2 N–H and O–H groups in total. The van der Waals surface area contributed by atoms with Crippen molar-refractivity contribution in [1.82, 2.24) is 4.31 Å². The SMILES string of the molecule is CN(CCC(N)=S)S(=O)(=O)c1ccc(Br)cc1. The van der Waals surface area contributed by atoms with Gasteiger partial charge in [0.05, 0.1) is 9.88 Å². The Morgan fingerprint density at radius 2 is 1.94 bits per heavy atom. The molecule has 1 aromatic rings. The zero-order valence-electron chi connectivity index (χ0n) is 9.26. The Morgan fingerprint density at radius 3 is 2.41 bits per heavy atom. The van der Waals surface area contributed by atoms with E-state index in [4.69, 9.17) is 18.0 Å². The maximum absolute atomic E-state index is 12.1. The van der Waals surface area contributed by atoms with Crippen molar-refractivity contribution in [1.29, 1.82) is 0 Å². The second-order valence-electron chi connectivity index (χ2n) is 3.50. The normalized spacial score (nSPS) is 11.7. The van der Waals surface area contributed by atoms with Gasteiger partial charge in [0.15, 0.2) is 0 Å². The van der Waals surface area contributed by atoms with Gasteiger partial charge in [-0.05, 0) is 24.3 Å². The van der Waals surface area contributed by atoms with Crippen molar-refractivity contribution in [3.8, 4) is 0 Å². The van der Waals surface area contributed by atoms with Crippen LogP contribution in [0.4, 0.5) is 0 Å². The third-order valence-electron chi connectivity index (χ3n) is 2.19. The van der Waals surface area contributed by atoms with Crippen LogP contribution in [0.25, 0.3) is 0 Å². The summed E-state index contributed by atoms with van der Waals surface area (Å²) < 4.78 is 26.2. The molecule has 0 fully saturated rings. The van der Waals surface area contributed by atoms with Crippen LogP contribution in [0, 0.1) is 0 Å². The van der Waals surface area contributed by atoms with Crippen LogP contribution in [-0.4, -0.2) is 31.3 Å². The molecule has 4 nitrogen and oxygen atoms in total. The highest BCUT2D eigenvalue weighted by molar-refractivity contribution is 9.10. The molecule has 0 spiro atoms. The molecule has 1 aromatic carbocycles. The molecule has 1 rings (SSSR count). The largest absolute Gasteiger partial charge is 0.393 e. The van der Waals surface area contributed by atoms with Crippen molar-refractivity contribution in [2.45, 2.75) is 11.3 Å². The summed E-state index contributed by atoms with van der Waals surface area (Å²) in [5, 5.41) is 0. The topological polar surface area (TPSA) is 63.4 Å². The van der Waals surface area contributed by atoms with Crippen LogP contribution >= 0.6 is 28.1 Å². The Bertz CT molecular complexity index is 500. The van der Waals surface area contributed by atoms with Crippen molar-refractivity contribution in [2.75, 3.05) is 13.6 Å². The first-order valence-electron chi connectivity index (χ1n) is 4.84. The van der Waals surface area contributed by atoms with E-state index in [0.717, 1.165) is 4.47 Å². The molecule has 17 heavy (non-hydrogen) atoms. The van der Waals surface area contributed by atoms with Gasteiger partial charge in [0.1, 0.15) is 0 Å². The van der Waals surface area contributed by atoms with E-state index in [2.05, 4.69) is 15.9 Å². The van der Waals surface area contributed by atoms with Gasteiger partial charge in [0, 0.05) is 24.5 Å². The lowest BCUT2D eigenvalue weighted by Crippen LogP contribution is -2.30. The summed E-state index contributed by atoms with van der Waals surface area (Å²) in [5.41, 5.74) is 5.35. The van der Waals surface area contributed by atoms with Gasteiger partial charge in [0.25, 0.3) is 0 Å². The maximum atomic E-state index is 12.1. The van der Waals surface area contributed by atoms with Crippen LogP contribution in [0.5, 0.6) is 0 Å². The molecule has 0 aliphatic heterocycles. The minimum absolute atomic E-state index is 0.256. The fraction of sp³-hybridized carbons (Fsp3) is 0.300. The van der Waals surface area contributed by atoms with E-state index in [1.807, 2.05) is 0 Å². The van der Waals surface area contributed by atoms with Gasteiger partial charge in [-0.25, -0.2) is 12.7 Å². The summed E-state index contributed by atoms with van der Waals surface area (Å²) in [4.78, 5) is 0.564. The first kappa shape index (κ1) is 14.6. The first-order chi connectivity index (χ1) is 7.84. The molecule has 0 aliphatic carbocycles. The number of hydrogen-bond donors (Lipinski definition) is 1. The lowest BCUT2D eigenvalue weighted by atomic mass is 10.4. The summed E-state index contributed by atoms with van der Waals surface area (Å²) in [6, 6.07) is 6.48. The van der Waals surface area contributed by atoms with Crippen LogP contribution in [0.15, 0.2) is 33.6 Å². The molecule has 0 saturated carbocycles. The predicted octanol–water partition coefficient (Wildman–Crippen LogP) is 1.75. The van der Waals surface area contributed by atoms with Crippen molar-refractivity contribution >= 4 is 43.2 Å². The number of halogens is 1. The lowest BCUT2D eigenvalue weighted by Gasteiger charge is -2.16. The molecule has 0 amide bonds.